The van der Waals surface area contributed by atoms with Gasteiger partial charge in [0.15, 0.2) is 17.5 Å². The van der Waals surface area contributed by atoms with Crippen LogP contribution in [0.4, 0.5) is 23.7 Å². The van der Waals surface area contributed by atoms with E-state index < -0.39 is 41.0 Å². The van der Waals surface area contributed by atoms with Gasteiger partial charge in [0.05, 0.1) is 18.5 Å². The van der Waals surface area contributed by atoms with Crippen LogP contribution in [0.2, 0.25) is 5.02 Å². The number of amides is 1. The van der Waals surface area contributed by atoms with Gasteiger partial charge >= 0.3 is 6.16 Å². The lowest BCUT2D eigenvalue weighted by Crippen LogP contribution is -2.12. The number of methoxy groups -OCH3 is 1. The van der Waals surface area contributed by atoms with Crippen LogP contribution < -0.4 is 10.1 Å². The van der Waals surface area contributed by atoms with Gasteiger partial charge in [-0.2, -0.15) is 0 Å². The van der Waals surface area contributed by atoms with Crippen LogP contribution in [-0.4, -0.2) is 24.2 Å². The van der Waals surface area contributed by atoms with E-state index in [9.17, 15) is 22.8 Å². The van der Waals surface area contributed by atoms with Gasteiger partial charge in [0.1, 0.15) is 5.02 Å². The SMILES string of the molecule is COC(=O)Oc1nc(-c2ccc(F)c(F)c2F)cc(NC(C)=O)c1Cl. The number of hydrogen-bond donors (Lipinski definition) is 1. The summed E-state index contributed by atoms with van der Waals surface area (Å²) in [5.41, 5.74) is -0.775. The molecule has 0 saturated heterocycles. The van der Waals surface area contributed by atoms with Gasteiger partial charge in [-0.25, -0.2) is 22.9 Å². The van der Waals surface area contributed by atoms with Crippen molar-refractivity contribution in [2.45, 2.75) is 6.92 Å². The summed E-state index contributed by atoms with van der Waals surface area (Å²) >= 11 is 5.97. The molecule has 0 spiro atoms. The molecule has 0 aliphatic heterocycles. The molecule has 2 rings (SSSR count). The number of carbonyl (C=O) groups excluding carboxylic acids is 2. The highest BCUT2D eigenvalue weighted by Gasteiger charge is 2.21. The van der Waals surface area contributed by atoms with Crippen molar-refractivity contribution in [1.82, 2.24) is 4.98 Å². The molecular formula is C15H10ClF3N2O4. The Morgan fingerprint density at radius 3 is 2.48 bits per heavy atom. The first kappa shape index (κ1) is 18.5. The molecule has 0 unspecified atom stereocenters. The summed E-state index contributed by atoms with van der Waals surface area (Å²) in [5, 5.41) is 2.06. The molecule has 1 aromatic heterocycles. The molecule has 0 fully saturated rings. The molecule has 0 aliphatic rings. The Bertz CT molecular complexity index is 861. The molecule has 25 heavy (non-hydrogen) atoms. The predicted octanol–water partition coefficient (Wildman–Crippen LogP) is 3.92. The van der Waals surface area contributed by atoms with Gasteiger partial charge in [-0.05, 0) is 18.2 Å². The zero-order chi connectivity index (χ0) is 18.7. The molecule has 1 amide bonds. The van der Waals surface area contributed by atoms with Gasteiger partial charge in [0.2, 0.25) is 11.8 Å². The van der Waals surface area contributed by atoms with E-state index in [1.54, 1.807) is 0 Å². The van der Waals surface area contributed by atoms with Crippen LogP contribution in [0.25, 0.3) is 11.3 Å². The summed E-state index contributed by atoms with van der Waals surface area (Å²) in [7, 11) is 1.03. The Labute approximate surface area is 144 Å². The third-order valence-corrected chi connectivity index (χ3v) is 3.26. The highest BCUT2D eigenvalue weighted by Crippen LogP contribution is 2.36. The first-order valence-electron chi connectivity index (χ1n) is 6.62. The molecule has 0 bridgehead atoms. The normalized spacial score (nSPS) is 10.3. The zero-order valence-corrected chi connectivity index (χ0v) is 13.6. The summed E-state index contributed by atoms with van der Waals surface area (Å²) < 4.78 is 49.6. The lowest BCUT2D eigenvalue weighted by atomic mass is 10.1. The van der Waals surface area contributed by atoms with E-state index in [2.05, 4.69) is 15.0 Å². The van der Waals surface area contributed by atoms with Crippen LogP contribution in [-0.2, 0) is 9.53 Å². The Morgan fingerprint density at radius 2 is 1.88 bits per heavy atom. The number of benzene rings is 1. The first-order valence-corrected chi connectivity index (χ1v) is 7.00. The monoisotopic (exact) mass is 374 g/mol. The molecule has 132 valence electrons. The van der Waals surface area contributed by atoms with Crippen molar-refractivity contribution in [3.05, 3.63) is 40.7 Å². The van der Waals surface area contributed by atoms with E-state index in [1.165, 1.54) is 6.92 Å². The molecule has 0 atom stereocenters. The molecular weight excluding hydrogens is 365 g/mol. The quantitative estimate of drug-likeness (QED) is 0.650. The summed E-state index contributed by atoms with van der Waals surface area (Å²) in [6.45, 7) is 1.18. The third kappa shape index (κ3) is 4.00. The van der Waals surface area contributed by atoms with Crippen molar-refractivity contribution in [2.24, 2.45) is 0 Å². The molecule has 0 aliphatic carbocycles. The number of nitrogens with one attached hydrogen (secondary N) is 1. The number of nitrogens with zero attached hydrogens (tertiary/aromatic N) is 1. The lowest BCUT2D eigenvalue weighted by molar-refractivity contribution is -0.114. The topological polar surface area (TPSA) is 77.5 Å². The average Bonchev–Trinajstić information content (AvgIpc) is 2.55. The maximum Gasteiger partial charge on any atom is 0.514 e. The van der Waals surface area contributed by atoms with E-state index in [-0.39, 0.29) is 16.4 Å². The third-order valence-electron chi connectivity index (χ3n) is 2.90. The predicted molar refractivity (Wildman–Crippen MR) is 81.9 cm³/mol. The maximum absolute atomic E-state index is 14.0. The minimum atomic E-state index is -1.70. The van der Waals surface area contributed by atoms with E-state index in [1.807, 2.05) is 0 Å². The van der Waals surface area contributed by atoms with E-state index >= 15 is 0 Å². The standard InChI is InChI=1S/C15H10ClF3N2O4/c1-6(22)20-10-5-9(7-3-4-8(17)13(19)12(7)18)21-14(11(10)16)25-15(23)24-2/h3-5H,1-2H3,(H,20,21,22). The Morgan fingerprint density at radius 1 is 1.20 bits per heavy atom. The maximum atomic E-state index is 14.0. The molecule has 0 saturated carbocycles. The van der Waals surface area contributed by atoms with E-state index in [0.717, 1.165) is 19.2 Å². The molecule has 1 N–H and O–H groups in total. The Balaban J connectivity index is 2.65. The first-order chi connectivity index (χ1) is 11.7. The van der Waals surface area contributed by atoms with Gasteiger partial charge in [-0.1, -0.05) is 11.6 Å². The fourth-order valence-corrected chi connectivity index (χ4v) is 2.02. The number of halogens is 4. The van der Waals surface area contributed by atoms with Gasteiger partial charge in [0, 0.05) is 12.5 Å². The number of pyridine rings is 1. The number of hydrogen-bond acceptors (Lipinski definition) is 5. The van der Waals surface area contributed by atoms with Crippen LogP contribution in [0.3, 0.4) is 0 Å². The van der Waals surface area contributed by atoms with Crippen LogP contribution in [0.15, 0.2) is 18.2 Å². The second-order valence-corrected chi connectivity index (χ2v) is 5.01. The number of anilines is 1. The second-order valence-electron chi connectivity index (χ2n) is 4.63. The molecule has 2 aromatic rings. The number of ether oxygens (including phenoxy) is 2. The van der Waals surface area contributed by atoms with Crippen LogP contribution in [0.1, 0.15) is 6.92 Å². The van der Waals surface area contributed by atoms with Crippen LogP contribution >= 0.6 is 11.6 Å². The molecule has 1 aromatic carbocycles. The zero-order valence-electron chi connectivity index (χ0n) is 12.8. The summed E-state index contributed by atoms with van der Waals surface area (Å²) in [5.74, 6) is -5.64. The van der Waals surface area contributed by atoms with Gasteiger partial charge in [-0.3, -0.25) is 4.79 Å². The van der Waals surface area contributed by atoms with Crippen molar-refractivity contribution in [3.8, 4) is 17.1 Å². The van der Waals surface area contributed by atoms with Crippen molar-refractivity contribution >= 4 is 29.4 Å². The summed E-state index contributed by atoms with van der Waals surface area (Å²) in [4.78, 5) is 26.3. The highest BCUT2D eigenvalue weighted by molar-refractivity contribution is 6.35. The Kier molecular flexibility index (Phi) is 5.48. The molecule has 1 heterocycles. The summed E-state index contributed by atoms with van der Waals surface area (Å²) in [6, 6.07) is 2.75. The van der Waals surface area contributed by atoms with Crippen molar-refractivity contribution in [2.75, 3.05) is 12.4 Å². The molecule has 6 nitrogen and oxygen atoms in total. The minimum Gasteiger partial charge on any atom is -0.437 e. The van der Waals surface area contributed by atoms with Gasteiger partial charge in [-0.15, -0.1) is 0 Å². The average molecular weight is 375 g/mol. The Hall–Kier alpha value is -2.81. The molecule has 10 heteroatoms. The van der Waals surface area contributed by atoms with Gasteiger partial charge < -0.3 is 14.8 Å². The van der Waals surface area contributed by atoms with Crippen molar-refractivity contribution in [3.63, 3.8) is 0 Å². The smallest absolute Gasteiger partial charge is 0.437 e. The number of carbonyl (C=O) groups is 2. The fraction of sp³-hybridized carbons (Fsp3) is 0.133. The number of rotatable bonds is 3. The van der Waals surface area contributed by atoms with Crippen molar-refractivity contribution in [1.29, 1.82) is 0 Å². The second kappa shape index (κ2) is 7.39. The van der Waals surface area contributed by atoms with Crippen LogP contribution in [0.5, 0.6) is 5.88 Å². The fourth-order valence-electron chi connectivity index (χ4n) is 1.84. The highest BCUT2D eigenvalue weighted by atomic mass is 35.5. The summed E-state index contributed by atoms with van der Waals surface area (Å²) in [6.07, 6.45) is -1.17. The van der Waals surface area contributed by atoms with Crippen molar-refractivity contribution < 1.29 is 32.2 Å². The van der Waals surface area contributed by atoms with E-state index in [0.29, 0.717) is 6.07 Å². The molecule has 0 radical (unpaired) electrons. The minimum absolute atomic E-state index is 0.0813. The van der Waals surface area contributed by atoms with E-state index in [4.69, 9.17) is 16.3 Å². The van der Waals surface area contributed by atoms with Crippen LogP contribution in [0, 0.1) is 17.5 Å². The lowest BCUT2D eigenvalue weighted by Gasteiger charge is -2.12. The number of aromatic nitrogens is 1. The largest absolute Gasteiger partial charge is 0.514 e. The van der Waals surface area contributed by atoms with Gasteiger partial charge in [0.25, 0.3) is 0 Å².